The minimum atomic E-state index is -4.63. The fraction of sp³-hybridized carbons (Fsp3) is 0.200. The summed E-state index contributed by atoms with van der Waals surface area (Å²) in [5.74, 6) is -2.83. The molecule has 4 rings (SSSR count). The van der Waals surface area contributed by atoms with Crippen molar-refractivity contribution in [2.24, 2.45) is 0 Å². The molecule has 1 amide bonds. The molecule has 0 saturated carbocycles. The van der Waals surface area contributed by atoms with E-state index in [-0.39, 0.29) is 34.7 Å². The number of alkyl halides is 3. The average molecular weight is 439 g/mol. The molecule has 1 atom stereocenters. The van der Waals surface area contributed by atoms with E-state index < -0.39 is 23.8 Å². The second-order valence-corrected chi connectivity index (χ2v) is 6.96. The van der Waals surface area contributed by atoms with Gasteiger partial charge in [0.15, 0.2) is 0 Å². The number of nitrogens with zero attached hydrogens (tertiary/aromatic N) is 2. The van der Waals surface area contributed by atoms with Crippen LogP contribution in [0.2, 0.25) is 5.02 Å². The van der Waals surface area contributed by atoms with Crippen LogP contribution in [0.1, 0.15) is 28.7 Å². The summed E-state index contributed by atoms with van der Waals surface area (Å²) in [5.41, 5.74) is 0.820. The number of fused-ring (bicyclic) bond motifs is 1. The van der Waals surface area contributed by atoms with Crippen molar-refractivity contribution in [1.82, 2.24) is 4.98 Å². The number of rotatable bonds is 4. The lowest BCUT2D eigenvalue weighted by Gasteiger charge is -2.17. The summed E-state index contributed by atoms with van der Waals surface area (Å²) in [6, 6.07) is 9.56. The van der Waals surface area contributed by atoms with Crippen LogP contribution in [0.25, 0.3) is 0 Å². The molecule has 3 heterocycles. The number of carbonyl (C=O) groups excluding carboxylic acids is 1. The molecule has 0 fully saturated rings. The fourth-order valence-electron chi connectivity index (χ4n) is 3.41. The number of aromatic nitrogens is 1. The Morgan fingerprint density at radius 1 is 1.23 bits per heavy atom. The van der Waals surface area contributed by atoms with E-state index in [4.69, 9.17) is 20.8 Å². The van der Waals surface area contributed by atoms with Gasteiger partial charge in [0.05, 0.1) is 19.3 Å². The number of amides is 1. The summed E-state index contributed by atoms with van der Waals surface area (Å²) in [4.78, 5) is 18.7. The summed E-state index contributed by atoms with van der Waals surface area (Å²) in [5, 5.41) is 10.6. The number of anilines is 1. The van der Waals surface area contributed by atoms with E-state index in [1.165, 1.54) is 24.1 Å². The zero-order chi connectivity index (χ0) is 21.6. The summed E-state index contributed by atoms with van der Waals surface area (Å²) in [6.45, 7) is -0.247. The van der Waals surface area contributed by atoms with Crippen LogP contribution in [-0.2, 0) is 17.5 Å². The van der Waals surface area contributed by atoms with Crippen LogP contribution in [0.5, 0.6) is 11.6 Å². The molecule has 1 aliphatic heterocycles. The van der Waals surface area contributed by atoms with Crippen LogP contribution in [0.15, 0.2) is 46.9 Å². The maximum absolute atomic E-state index is 13.3. The van der Waals surface area contributed by atoms with Crippen LogP contribution in [0.3, 0.4) is 0 Å². The van der Waals surface area contributed by atoms with Crippen molar-refractivity contribution in [3.63, 3.8) is 0 Å². The molecule has 2 aromatic heterocycles. The predicted molar refractivity (Wildman–Crippen MR) is 101 cm³/mol. The van der Waals surface area contributed by atoms with Gasteiger partial charge in [0, 0.05) is 16.7 Å². The zero-order valence-corrected chi connectivity index (χ0v) is 16.2. The number of hydrogen-bond donors (Lipinski definition) is 1. The van der Waals surface area contributed by atoms with E-state index in [1.807, 2.05) is 0 Å². The number of benzene rings is 1. The van der Waals surface area contributed by atoms with Gasteiger partial charge in [0.1, 0.15) is 23.1 Å². The molecule has 0 aliphatic carbocycles. The molecule has 10 heteroatoms. The predicted octanol–water partition coefficient (Wildman–Crippen LogP) is 4.74. The summed E-state index contributed by atoms with van der Waals surface area (Å²) in [7, 11) is 1.39. The quantitative estimate of drug-likeness (QED) is 0.636. The third kappa shape index (κ3) is 3.35. The monoisotopic (exact) mass is 438 g/mol. The minimum Gasteiger partial charge on any atom is -0.506 e. The van der Waals surface area contributed by atoms with Gasteiger partial charge < -0.3 is 19.2 Å². The highest BCUT2D eigenvalue weighted by atomic mass is 35.5. The Morgan fingerprint density at radius 3 is 2.67 bits per heavy atom. The molecular formula is C20H14ClF3N2O4. The SMILES string of the molecule is COc1ccc(O)c(C2C(=O)N(Cc3ccc(C(F)(F)F)o3)c3cccc(Cl)c32)n1. The summed E-state index contributed by atoms with van der Waals surface area (Å²) in [6.07, 6.45) is -4.63. The second-order valence-electron chi connectivity index (χ2n) is 6.55. The first-order valence-corrected chi connectivity index (χ1v) is 9.08. The Kier molecular flexibility index (Phi) is 4.85. The number of furan rings is 1. The molecule has 30 heavy (non-hydrogen) atoms. The third-order valence-electron chi connectivity index (χ3n) is 4.74. The number of methoxy groups -OCH3 is 1. The van der Waals surface area contributed by atoms with Crippen molar-refractivity contribution >= 4 is 23.2 Å². The summed E-state index contributed by atoms with van der Waals surface area (Å²) >= 11 is 6.35. The van der Waals surface area contributed by atoms with Crippen molar-refractivity contribution in [1.29, 1.82) is 0 Å². The van der Waals surface area contributed by atoms with E-state index in [0.717, 1.165) is 12.1 Å². The topological polar surface area (TPSA) is 75.8 Å². The number of hydrogen-bond acceptors (Lipinski definition) is 5. The molecule has 3 aromatic rings. The van der Waals surface area contributed by atoms with E-state index in [2.05, 4.69) is 4.98 Å². The van der Waals surface area contributed by atoms with Gasteiger partial charge in [-0.15, -0.1) is 0 Å². The van der Waals surface area contributed by atoms with Gasteiger partial charge in [0.2, 0.25) is 17.5 Å². The Morgan fingerprint density at radius 2 is 2.00 bits per heavy atom. The maximum Gasteiger partial charge on any atom is 0.449 e. The third-order valence-corrected chi connectivity index (χ3v) is 5.07. The standard InChI is InChI=1S/C20H14ClF3N2O4/c1-29-15-8-6-13(27)18(25-15)17-16-11(21)3-2-4-12(16)26(19(17)28)9-10-5-7-14(30-10)20(22,23)24/h2-8,17,27H,9H2,1H3. The van der Waals surface area contributed by atoms with Crippen molar-refractivity contribution in [2.45, 2.75) is 18.6 Å². The average Bonchev–Trinajstić information content (AvgIpc) is 3.27. The van der Waals surface area contributed by atoms with Gasteiger partial charge in [-0.25, -0.2) is 4.98 Å². The molecular weight excluding hydrogens is 425 g/mol. The van der Waals surface area contributed by atoms with Gasteiger partial charge >= 0.3 is 6.18 Å². The molecule has 1 aromatic carbocycles. The number of carbonyl (C=O) groups is 1. The molecule has 0 saturated heterocycles. The van der Waals surface area contributed by atoms with E-state index in [0.29, 0.717) is 11.3 Å². The number of halogens is 4. The van der Waals surface area contributed by atoms with Crippen LogP contribution >= 0.6 is 11.6 Å². The highest BCUT2D eigenvalue weighted by Gasteiger charge is 2.43. The largest absolute Gasteiger partial charge is 0.506 e. The first-order chi connectivity index (χ1) is 14.2. The first-order valence-electron chi connectivity index (χ1n) is 8.70. The van der Waals surface area contributed by atoms with Crippen LogP contribution < -0.4 is 9.64 Å². The molecule has 1 aliphatic rings. The van der Waals surface area contributed by atoms with Gasteiger partial charge in [-0.1, -0.05) is 17.7 Å². The van der Waals surface area contributed by atoms with Gasteiger partial charge in [-0.3, -0.25) is 4.79 Å². The fourth-order valence-corrected chi connectivity index (χ4v) is 3.69. The van der Waals surface area contributed by atoms with Crippen molar-refractivity contribution < 1.29 is 32.2 Å². The van der Waals surface area contributed by atoms with E-state index in [9.17, 15) is 23.1 Å². The molecule has 0 radical (unpaired) electrons. The van der Waals surface area contributed by atoms with Gasteiger partial charge in [-0.2, -0.15) is 13.2 Å². The van der Waals surface area contributed by atoms with Crippen LogP contribution in [0.4, 0.5) is 18.9 Å². The molecule has 1 unspecified atom stereocenters. The Bertz CT molecular complexity index is 1130. The number of ether oxygens (including phenoxy) is 1. The van der Waals surface area contributed by atoms with Gasteiger partial charge in [-0.05, 0) is 30.3 Å². The first kappa shape index (κ1) is 20.1. The zero-order valence-electron chi connectivity index (χ0n) is 15.4. The highest BCUT2D eigenvalue weighted by molar-refractivity contribution is 6.33. The Hall–Kier alpha value is -3.20. The normalized spacial score (nSPS) is 16.1. The number of aromatic hydroxyl groups is 1. The smallest absolute Gasteiger partial charge is 0.449 e. The van der Waals surface area contributed by atoms with E-state index >= 15 is 0 Å². The lowest BCUT2D eigenvalue weighted by Crippen LogP contribution is -2.28. The van der Waals surface area contributed by atoms with Crippen molar-refractivity contribution in [3.8, 4) is 11.6 Å². The summed E-state index contributed by atoms with van der Waals surface area (Å²) < 4.78 is 48.5. The molecule has 6 nitrogen and oxygen atoms in total. The molecule has 0 spiro atoms. The lowest BCUT2D eigenvalue weighted by atomic mass is 9.96. The van der Waals surface area contributed by atoms with Crippen molar-refractivity contribution in [2.75, 3.05) is 12.0 Å². The Labute approximate surface area is 173 Å². The molecule has 0 bridgehead atoms. The highest BCUT2D eigenvalue weighted by Crippen LogP contribution is 2.47. The minimum absolute atomic E-state index is 0.0339. The number of pyridine rings is 1. The molecule has 156 valence electrons. The lowest BCUT2D eigenvalue weighted by molar-refractivity contribution is -0.153. The molecule has 1 N–H and O–H groups in total. The van der Waals surface area contributed by atoms with Crippen molar-refractivity contribution in [3.05, 3.63) is 70.3 Å². The Balaban J connectivity index is 1.77. The van der Waals surface area contributed by atoms with Gasteiger partial charge in [0.25, 0.3) is 0 Å². The van der Waals surface area contributed by atoms with E-state index in [1.54, 1.807) is 18.2 Å². The second kappa shape index (κ2) is 7.24. The van der Waals surface area contributed by atoms with Crippen LogP contribution in [-0.4, -0.2) is 23.1 Å². The maximum atomic E-state index is 13.3. The van der Waals surface area contributed by atoms with Crippen LogP contribution in [0, 0.1) is 0 Å².